The van der Waals surface area contributed by atoms with Crippen molar-refractivity contribution >= 4 is 11.8 Å². The number of hydrogen-bond donors (Lipinski definition) is 0. The van der Waals surface area contributed by atoms with Gasteiger partial charge in [0.1, 0.15) is 12.5 Å². The number of hydrogen-bond acceptors (Lipinski definition) is 4. The molecule has 0 aromatic heterocycles. The highest BCUT2D eigenvalue weighted by Gasteiger charge is 2.33. The van der Waals surface area contributed by atoms with E-state index in [2.05, 4.69) is 11.5 Å². The van der Waals surface area contributed by atoms with E-state index in [4.69, 9.17) is 4.74 Å². The third-order valence-corrected chi connectivity index (χ3v) is 3.38. The van der Waals surface area contributed by atoms with E-state index in [9.17, 15) is 9.59 Å². The molecule has 20 heavy (non-hydrogen) atoms. The van der Waals surface area contributed by atoms with Gasteiger partial charge in [-0.3, -0.25) is 14.5 Å². The van der Waals surface area contributed by atoms with E-state index >= 15 is 0 Å². The number of piperidine rings is 1. The first kappa shape index (κ1) is 14.5. The van der Waals surface area contributed by atoms with Crippen LogP contribution >= 0.6 is 0 Å². The monoisotopic (exact) mass is 273 g/mol. The lowest BCUT2D eigenvalue weighted by Crippen LogP contribution is -2.43. The Balaban J connectivity index is 1.87. The number of likely N-dealkylation sites (tertiary alicyclic amines) is 1. The van der Waals surface area contributed by atoms with Crippen LogP contribution in [0.15, 0.2) is 43.0 Å². The molecule has 0 amide bonds. The maximum absolute atomic E-state index is 12.0. The van der Waals surface area contributed by atoms with E-state index in [1.54, 1.807) is 0 Å². The van der Waals surface area contributed by atoms with Crippen LogP contribution in [-0.4, -0.2) is 36.3 Å². The van der Waals surface area contributed by atoms with Crippen molar-refractivity contribution in [1.82, 2.24) is 4.90 Å². The molecule has 1 heterocycles. The van der Waals surface area contributed by atoms with Gasteiger partial charge < -0.3 is 4.74 Å². The van der Waals surface area contributed by atoms with Crippen molar-refractivity contribution in [3.8, 4) is 0 Å². The largest absolute Gasteiger partial charge is 0.461 e. The molecule has 1 aliphatic rings. The van der Waals surface area contributed by atoms with Gasteiger partial charge in [-0.15, -0.1) is 0 Å². The Kier molecular flexibility index (Phi) is 5.07. The van der Waals surface area contributed by atoms with Crippen LogP contribution in [0, 0.1) is 5.92 Å². The minimum atomic E-state index is -0.609. The average Bonchev–Trinajstić information content (AvgIpc) is 2.46. The molecule has 106 valence electrons. The number of carbonyl (C=O) groups excluding carboxylic acids is 2. The normalized spacial score (nSPS) is 19.6. The first-order valence-corrected chi connectivity index (χ1v) is 6.77. The van der Waals surface area contributed by atoms with Gasteiger partial charge in [-0.05, 0) is 12.0 Å². The Morgan fingerprint density at radius 2 is 2.15 bits per heavy atom. The molecular formula is C16H19NO3. The Hall–Kier alpha value is -1.94. The van der Waals surface area contributed by atoms with E-state index < -0.39 is 11.9 Å². The summed E-state index contributed by atoms with van der Waals surface area (Å²) in [6.45, 7) is 5.42. The van der Waals surface area contributed by atoms with Crippen LogP contribution in [0.4, 0.5) is 0 Å². The molecule has 0 saturated carbocycles. The topological polar surface area (TPSA) is 46.6 Å². The number of carbonyl (C=O) groups is 2. The molecule has 0 N–H and O–H groups in total. The molecule has 0 radical (unpaired) electrons. The van der Waals surface area contributed by atoms with E-state index in [1.807, 2.05) is 30.3 Å². The van der Waals surface area contributed by atoms with Gasteiger partial charge >= 0.3 is 5.97 Å². The van der Waals surface area contributed by atoms with Crippen LogP contribution < -0.4 is 0 Å². The predicted octanol–water partition coefficient (Wildman–Crippen LogP) is 1.81. The molecule has 4 nitrogen and oxygen atoms in total. The zero-order chi connectivity index (χ0) is 14.4. The summed E-state index contributed by atoms with van der Waals surface area (Å²) in [5.41, 5.74) is 1.17. The molecule has 2 rings (SSSR count). The van der Waals surface area contributed by atoms with Crippen molar-refractivity contribution in [3.63, 3.8) is 0 Å². The maximum Gasteiger partial charge on any atom is 0.316 e. The van der Waals surface area contributed by atoms with E-state index in [0.29, 0.717) is 13.0 Å². The summed E-state index contributed by atoms with van der Waals surface area (Å²) in [7, 11) is 0. The lowest BCUT2D eigenvalue weighted by Gasteiger charge is -2.29. The predicted molar refractivity (Wildman–Crippen MR) is 76.0 cm³/mol. The molecular weight excluding hydrogens is 254 g/mol. The van der Waals surface area contributed by atoms with Gasteiger partial charge in [0.05, 0.1) is 6.54 Å². The van der Waals surface area contributed by atoms with E-state index in [1.165, 1.54) is 11.6 Å². The van der Waals surface area contributed by atoms with Gasteiger partial charge in [-0.2, -0.15) is 0 Å². The number of rotatable bonds is 5. The smallest absolute Gasteiger partial charge is 0.316 e. The van der Waals surface area contributed by atoms with Gasteiger partial charge in [0.15, 0.2) is 5.78 Å². The number of ether oxygens (including phenoxy) is 1. The fourth-order valence-electron chi connectivity index (χ4n) is 2.35. The van der Waals surface area contributed by atoms with Crippen molar-refractivity contribution in [2.75, 3.05) is 19.7 Å². The quantitative estimate of drug-likeness (QED) is 0.466. The lowest BCUT2D eigenvalue weighted by molar-refractivity contribution is -0.153. The number of nitrogens with zero attached hydrogens (tertiary/aromatic N) is 1. The molecule has 0 spiro atoms. The second-order valence-electron chi connectivity index (χ2n) is 4.92. The molecule has 0 aliphatic carbocycles. The molecule has 1 atom stereocenters. The summed E-state index contributed by atoms with van der Waals surface area (Å²) in [5.74, 6) is -1.09. The Labute approximate surface area is 119 Å². The van der Waals surface area contributed by atoms with Gasteiger partial charge in [-0.1, -0.05) is 43.0 Å². The summed E-state index contributed by atoms with van der Waals surface area (Å²) in [4.78, 5) is 25.8. The Morgan fingerprint density at radius 3 is 2.80 bits per heavy atom. The van der Waals surface area contributed by atoms with Crippen molar-refractivity contribution in [3.05, 3.63) is 48.6 Å². The van der Waals surface area contributed by atoms with Crippen molar-refractivity contribution in [2.45, 2.75) is 13.0 Å². The third kappa shape index (κ3) is 3.78. The van der Waals surface area contributed by atoms with E-state index in [-0.39, 0.29) is 12.4 Å². The second-order valence-corrected chi connectivity index (χ2v) is 4.92. The number of esters is 1. The Bertz CT molecular complexity index is 484. The summed E-state index contributed by atoms with van der Waals surface area (Å²) in [6, 6.07) is 10.0. The van der Waals surface area contributed by atoms with Crippen LogP contribution in [0.2, 0.25) is 0 Å². The summed E-state index contributed by atoms with van der Waals surface area (Å²) >= 11 is 0. The van der Waals surface area contributed by atoms with Crippen LogP contribution in [0.5, 0.6) is 0 Å². The van der Waals surface area contributed by atoms with Crippen molar-refractivity contribution in [1.29, 1.82) is 0 Å². The highest BCUT2D eigenvalue weighted by molar-refractivity contribution is 6.00. The number of Topliss-reactive ketones (excluding diaryl/α,β-unsaturated/α-hetero) is 1. The fourth-order valence-corrected chi connectivity index (χ4v) is 2.35. The first-order chi connectivity index (χ1) is 9.70. The maximum atomic E-state index is 12.0. The number of benzene rings is 1. The molecule has 0 bridgehead atoms. The molecule has 1 aromatic rings. The average molecular weight is 273 g/mol. The van der Waals surface area contributed by atoms with Crippen LogP contribution in [0.1, 0.15) is 12.0 Å². The minimum absolute atomic E-state index is 0.0544. The third-order valence-electron chi connectivity index (χ3n) is 3.38. The standard InChI is InChI=1S/C16H19NO3/c1-2-10-20-16(19)14-8-9-17(12-15(14)18)11-13-6-4-3-5-7-13/h2-7,14H,1,8-12H2. The summed E-state index contributed by atoms with van der Waals surface area (Å²) in [5, 5.41) is 0. The number of ketones is 1. The molecule has 1 unspecified atom stereocenters. The zero-order valence-corrected chi connectivity index (χ0v) is 11.5. The van der Waals surface area contributed by atoms with Gasteiger partial charge in [0.2, 0.25) is 0 Å². The lowest BCUT2D eigenvalue weighted by atomic mass is 9.95. The van der Waals surface area contributed by atoms with Crippen molar-refractivity contribution < 1.29 is 14.3 Å². The highest BCUT2D eigenvalue weighted by Crippen LogP contribution is 2.17. The zero-order valence-electron chi connectivity index (χ0n) is 11.5. The van der Waals surface area contributed by atoms with Crippen LogP contribution in [0.3, 0.4) is 0 Å². The molecule has 4 heteroatoms. The van der Waals surface area contributed by atoms with Crippen LogP contribution in [0.25, 0.3) is 0 Å². The van der Waals surface area contributed by atoms with Gasteiger partial charge in [0.25, 0.3) is 0 Å². The van der Waals surface area contributed by atoms with E-state index in [0.717, 1.165) is 13.1 Å². The SMILES string of the molecule is C=CCOC(=O)C1CCN(Cc2ccccc2)CC1=O. The molecule has 1 saturated heterocycles. The summed E-state index contributed by atoms with van der Waals surface area (Å²) < 4.78 is 4.96. The molecule has 1 fully saturated rings. The molecule has 1 aromatic carbocycles. The first-order valence-electron chi connectivity index (χ1n) is 6.77. The fraction of sp³-hybridized carbons (Fsp3) is 0.375. The van der Waals surface area contributed by atoms with Gasteiger partial charge in [-0.25, -0.2) is 0 Å². The van der Waals surface area contributed by atoms with Crippen LogP contribution in [-0.2, 0) is 20.9 Å². The van der Waals surface area contributed by atoms with Crippen molar-refractivity contribution in [2.24, 2.45) is 5.92 Å². The second kappa shape index (κ2) is 7.01. The van der Waals surface area contributed by atoms with Gasteiger partial charge in [0, 0.05) is 13.1 Å². The summed E-state index contributed by atoms with van der Waals surface area (Å²) in [6.07, 6.45) is 2.04. The minimum Gasteiger partial charge on any atom is -0.461 e. The highest BCUT2D eigenvalue weighted by atomic mass is 16.5. The Morgan fingerprint density at radius 1 is 1.40 bits per heavy atom. The molecule has 1 aliphatic heterocycles.